The van der Waals surface area contributed by atoms with E-state index < -0.39 is 29.3 Å². The van der Waals surface area contributed by atoms with Gasteiger partial charge in [-0.15, -0.1) is 0 Å². The highest BCUT2D eigenvalue weighted by Crippen LogP contribution is 2.62. The van der Waals surface area contributed by atoms with E-state index in [1.54, 1.807) is 27.0 Å². The van der Waals surface area contributed by atoms with Crippen LogP contribution in [-0.4, -0.2) is 17.6 Å². The number of halogens is 4. The number of ether oxygens (including phenoxy) is 3. The van der Waals surface area contributed by atoms with Crippen LogP contribution in [0.25, 0.3) is 0 Å². The number of fused-ring (bicyclic) bond motifs is 4. The number of pyridine rings is 1. The van der Waals surface area contributed by atoms with Gasteiger partial charge in [0.05, 0.1) is 23.7 Å². The fourth-order valence-electron chi connectivity index (χ4n) is 6.18. The number of hydrogen-bond acceptors (Lipinski definition) is 5. The van der Waals surface area contributed by atoms with Gasteiger partial charge < -0.3 is 14.2 Å². The molecule has 39 heavy (non-hydrogen) atoms. The van der Waals surface area contributed by atoms with Gasteiger partial charge in [-0.3, -0.25) is 4.79 Å². The second-order valence-electron chi connectivity index (χ2n) is 10.8. The van der Waals surface area contributed by atoms with Gasteiger partial charge in [0, 0.05) is 23.7 Å². The quantitative estimate of drug-likeness (QED) is 0.259. The third-order valence-electron chi connectivity index (χ3n) is 8.03. The number of benzene rings is 2. The van der Waals surface area contributed by atoms with Crippen molar-refractivity contribution in [2.24, 2.45) is 11.8 Å². The Bertz CT molecular complexity index is 1470. The Kier molecular flexibility index (Phi) is 5.98. The second-order valence-corrected chi connectivity index (χ2v) is 10.8. The molecule has 0 saturated heterocycles. The Morgan fingerprint density at radius 3 is 2.64 bits per heavy atom. The zero-order valence-electron chi connectivity index (χ0n) is 21.6. The summed E-state index contributed by atoms with van der Waals surface area (Å²) in [5.74, 6) is -0.171. The smallest absolute Gasteiger partial charge is 0.416 e. The summed E-state index contributed by atoms with van der Waals surface area (Å²) in [5, 5.41) is 0. The predicted octanol–water partition coefficient (Wildman–Crippen LogP) is 6.62. The first-order chi connectivity index (χ1) is 18.5. The lowest BCUT2D eigenvalue weighted by Gasteiger charge is -2.22. The minimum absolute atomic E-state index is 0.0183. The van der Waals surface area contributed by atoms with Crippen LogP contribution in [0.5, 0.6) is 5.88 Å². The molecule has 0 amide bonds. The van der Waals surface area contributed by atoms with Crippen molar-refractivity contribution in [2.45, 2.75) is 57.6 Å². The maximum atomic E-state index is 15.2. The Morgan fingerprint density at radius 1 is 1.13 bits per heavy atom. The summed E-state index contributed by atoms with van der Waals surface area (Å²) in [5.41, 5.74) is 1.44. The number of esters is 1. The van der Waals surface area contributed by atoms with E-state index in [-0.39, 0.29) is 41.5 Å². The molecule has 5 nitrogen and oxygen atoms in total. The van der Waals surface area contributed by atoms with Crippen LogP contribution in [0.3, 0.4) is 0 Å². The molecule has 0 spiro atoms. The van der Waals surface area contributed by atoms with Gasteiger partial charge in [0.25, 0.3) is 0 Å². The van der Waals surface area contributed by atoms with E-state index in [4.69, 9.17) is 14.2 Å². The molecule has 0 radical (unpaired) electrons. The molecule has 3 aromatic rings. The molecule has 4 atom stereocenters. The monoisotopic (exact) mass is 541 g/mol. The summed E-state index contributed by atoms with van der Waals surface area (Å²) in [6, 6.07) is 9.95. The lowest BCUT2D eigenvalue weighted by Crippen LogP contribution is -2.18. The minimum Gasteiger partial charge on any atom is -0.473 e. The van der Waals surface area contributed by atoms with E-state index in [9.17, 15) is 18.0 Å². The van der Waals surface area contributed by atoms with Gasteiger partial charge in [0.15, 0.2) is 0 Å². The van der Waals surface area contributed by atoms with Crippen LogP contribution in [0.2, 0.25) is 0 Å². The van der Waals surface area contributed by atoms with E-state index in [0.29, 0.717) is 23.6 Å². The number of nitrogens with zero attached hydrogens (tertiary/aromatic N) is 1. The maximum absolute atomic E-state index is 15.2. The fourth-order valence-corrected chi connectivity index (χ4v) is 6.18. The molecule has 1 aliphatic heterocycles. The molecular formula is C30H27F4NO4. The first kappa shape index (κ1) is 25.8. The van der Waals surface area contributed by atoms with Crippen LogP contribution in [0.15, 0.2) is 48.7 Å². The van der Waals surface area contributed by atoms with Crippen molar-refractivity contribution in [3.05, 3.63) is 93.4 Å². The highest BCUT2D eigenvalue weighted by atomic mass is 19.4. The molecule has 1 unspecified atom stereocenters. The van der Waals surface area contributed by atoms with E-state index >= 15 is 4.39 Å². The normalized spacial score (nSPS) is 24.1. The third-order valence-corrected chi connectivity index (χ3v) is 8.03. The molecule has 6 rings (SSSR count). The Hall–Kier alpha value is -3.46. The minimum atomic E-state index is -4.56. The molecule has 0 bridgehead atoms. The number of aromatic nitrogens is 1. The van der Waals surface area contributed by atoms with E-state index in [1.807, 2.05) is 6.07 Å². The molecule has 0 N–H and O–H groups in total. The van der Waals surface area contributed by atoms with Gasteiger partial charge in [-0.1, -0.05) is 18.2 Å². The van der Waals surface area contributed by atoms with Crippen LogP contribution in [-0.2, 0) is 39.1 Å². The molecule has 3 aliphatic rings. The van der Waals surface area contributed by atoms with Crippen molar-refractivity contribution < 1.29 is 36.6 Å². The second kappa shape index (κ2) is 9.05. The Morgan fingerprint density at radius 2 is 1.90 bits per heavy atom. The van der Waals surface area contributed by atoms with Gasteiger partial charge in [0.1, 0.15) is 18.5 Å². The number of alkyl halides is 3. The van der Waals surface area contributed by atoms with Gasteiger partial charge in [-0.05, 0) is 79.1 Å². The maximum Gasteiger partial charge on any atom is 0.416 e. The number of hydrogen-bond donors (Lipinski definition) is 0. The average molecular weight is 542 g/mol. The number of rotatable bonds is 6. The molecule has 1 saturated carbocycles. The molecule has 204 valence electrons. The van der Waals surface area contributed by atoms with Crippen LogP contribution < -0.4 is 4.74 Å². The predicted molar refractivity (Wildman–Crippen MR) is 132 cm³/mol. The van der Waals surface area contributed by atoms with Crippen molar-refractivity contribution in [3.8, 4) is 5.88 Å². The number of carbonyl (C=O) groups excluding carboxylic acids is 1. The highest BCUT2D eigenvalue weighted by Gasteiger charge is 2.60. The van der Waals surface area contributed by atoms with E-state index in [2.05, 4.69) is 4.98 Å². The molecule has 1 fully saturated rings. The lowest BCUT2D eigenvalue weighted by atomic mass is 9.90. The SMILES string of the molecule is CCOC(=O)[C@H]1[C@@H]2Cc3cc(OCc4cc5c(cc4F)C(C)(C)OC5c4ccccc4C(F)(F)F)ncc3[C@@H]21. The first-order valence-corrected chi connectivity index (χ1v) is 12.9. The zero-order chi connectivity index (χ0) is 27.7. The Balaban J connectivity index is 1.24. The van der Waals surface area contributed by atoms with Crippen molar-refractivity contribution in [1.29, 1.82) is 0 Å². The molecule has 2 aromatic carbocycles. The summed E-state index contributed by atoms with van der Waals surface area (Å²) in [6.07, 6.45) is -3.14. The summed E-state index contributed by atoms with van der Waals surface area (Å²) >= 11 is 0. The standard InChI is InChI=1S/C30H27F4NO4/c1-4-37-28(36)26-19-9-15-11-24(35-13-20(15)25(19)26)38-14-16-10-18-22(12-23(16)31)29(2,3)39-27(18)17-7-5-6-8-21(17)30(32,33)34/h5-8,10-13,19,25-27H,4,9,14H2,1-3H3/t19-,25-,26+,27?/m1/s1. The summed E-state index contributed by atoms with van der Waals surface area (Å²) in [7, 11) is 0. The molecule has 2 aliphatic carbocycles. The Labute approximate surface area is 223 Å². The van der Waals surface area contributed by atoms with Crippen molar-refractivity contribution in [1.82, 2.24) is 4.98 Å². The lowest BCUT2D eigenvalue weighted by molar-refractivity contribution is -0.145. The van der Waals surface area contributed by atoms with Crippen molar-refractivity contribution in [2.75, 3.05) is 6.61 Å². The van der Waals surface area contributed by atoms with E-state index in [0.717, 1.165) is 23.6 Å². The van der Waals surface area contributed by atoms with Crippen molar-refractivity contribution >= 4 is 5.97 Å². The molecular weight excluding hydrogens is 514 g/mol. The van der Waals surface area contributed by atoms with Gasteiger partial charge in [-0.2, -0.15) is 13.2 Å². The number of carbonyl (C=O) groups is 1. The highest BCUT2D eigenvalue weighted by molar-refractivity contribution is 5.79. The van der Waals surface area contributed by atoms with Crippen LogP contribution >= 0.6 is 0 Å². The summed E-state index contributed by atoms with van der Waals surface area (Å²) in [6.45, 7) is 5.41. The average Bonchev–Trinajstić information content (AvgIpc) is 3.37. The van der Waals surface area contributed by atoms with Crippen LogP contribution in [0, 0.1) is 17.7 Å². The zero-order valence-corrected chi connectivity index (χ0v) is 21.6. The van der Waals surface area contributed by atoms with Crippen LogP contribution in [0.1, 0.15) is 71.7 Å². The van der Waals surface area contributed by atoms with Crippen molar-refractivity contribution in [3.63, 3.8) is 0 Å². The van der Waals surface area contributed by atoms with E-state index in [1.165, 1.54) is 30.3 Å². The molecule has 9 heteroatoms. The molecule has 2 heterocycles. The van der Waals surface area contributed by atoms with Gasteiger partial charge >= 0.3 is 12.1 Å². The summed E-state index contributed by atoms with van der Waals surface area (Å²) < 4.78 is 73.5. The van der Waals surface area contributed by atoms with Gasteiger partial charge in [0.2, 0.25) is 5.88 Å². The summed E-state index contributed by atoms with van der Waals surface area (Å²) in [4.78, 5) is 16.5. The largest absolute Gasteiger partial charge is 0.473 e. The van der Waals surface area contributed by atoms with Crippen LogP contribution in [0.4, 0.5) is 17.6 Å². The fraction of sp³-hybridized carbons (Fsp3) is 0.400. The topological polar surface area (TPSA) is 57.7 Å². The molecule has 1 aromatic heterocycles. The van der Waals surface area contributed by atoms with Gasteiger partial charge in [-0.25, -0.2) is 9.37 Å². The third kappa shape index (κ3) is 4.36. The first-order valence-electron chi connectivity index (χ1n) is 12.9.